The minimum Gasteiger partial charge on any atom is -0.495 e. The molecule has 9 heteroatoms. The van der Waals surface area contributed by atoms with Crippen LogP contribution in [0.3, 0.4) is 0 Å². The molecule has 3 aliphatic rings. The number of hydrogen-bond acceptors (Lipinski definition) is 5. The quantitative estimate of drug-likeness (QED) is 0.656. The average molecular weight is 416 g/mol. The summed E-state index contributed by atoms with van der Waals surface area (Å²) in [6.07, 6.45) is 4.87. The van der Waals surface area contributed by atoms with Crippen molar-refractivity contribution in [3.63, 3.8) is 0 Å². The van der Waals surface area contributed by atoms with E-state index < -0.39 is 10.0 Å². The van der Waals surface area contributed by atoms with Crippen LogP contribution >= 0.6 is 12.4 Å². The third-order valence-corrected chi connectivity index (χ3v) is 7.44. The second-order valence-corrected chi connectivity index (χ2v) is 9.40. The molecule has 4 N–H and O–H groups in total. The van der Waals surface area contributed by atoms with Crippen LogP contribution in [0.5, 0.6) is 5.75 Å². The number of methoxy groups -OCH3 is 1. The fraction of sp³-hybridized carbons (Fsp3) is 0.611. The first kappa shape index (κ1) is 20.4. The van der Waals surface area contributed by atoms with Gasteiger partial charge in [-0.3, -0.25) is 4.79 Å². The van der Waals surface area contributed by atoms with E-state index in [1.807, 2.05) is 0 Å². The molecule has 0 saturated heterocycles. The van der Waals surface area contributed by atoms with Gasteiger partial charge in [0.05, 0.1) is 23.6 Å². The lowest BCUT2D eigenvalue weighted by Crippen LogP contribution is -2.42. The molecule has 4 unspecified atom stereocenters. The molecule has 0 radical (unpaired) electrons. The van der Waals surface area contributed by atoms with E-state index in [4.69, 9.17) is 10.5 Å². The molecule has 3 saturated carbocycles. The van der Waals surface area contributed by atoms with Crippen molar-refractivity contribution in [3.8, 4) is 5.75 Å². The SMILES string of the molecule is COc1ccc(S(=O)(=O)NC2CC2)cc1NC(=O)C1C2CCC(C2)C1N.Cl. The standard InChI is InChI=1S/C18H25N3O4S.ClH/c1-25-15-7-6-13(26(23,24)21-12-4-5-12)9-14(15)20-18(22)16-10-2-3-11(8-10)17(16)19;/h6-7,9-12,16-17,21H,2-5,8,19H2,1H3,(H,20,22);1H. The predicted octanol–water partition coefficient (Wildman–Crippen LogP) is 1.87. The van der Waals surface area contributed by atoms with Crippen molar-refractivity contribution in [2.75, 3.05) is 12.4 Å². The second-order valence-electron chi connectivity index (χ2n) is 7.68. The molecule has 0 spiro atoms. The van der Waals surface area contributed by atoms with Gasteiger partial charge in [-0.2, -0.15) is 0 Å². The molecule has 0 aromatic heterocycles. The van der Waals surface area contributed by atoms with Gasteiger partial charge in [0.25, 0.3) is 0 Å². The highest BCUT2D eigenvalue weighted by molar-refractivity contribution is 7.89. The van der Waals surface area contributed by atoms with Gasteiger partial charge in [-0.05, 0) is 62.1 Å². The number of rotatable bonds is 6. The Hall–Kier alpha value is -1.35. The van der Waals surface area contributed by atoms with Crippen LogP contribution in [0.15, 0.2) is 23.1 Å². The van der Waals surface area contributed by atoms with E-state index in [2.05, 4.69) is 10.0 Å². The molecule has 1 aromatic carbocycles. The number of carbonyl (C=O) groups is 1. The zero-order valence-electron chi connectivity index (χ0n) is 15.2. The van der Waals surface area contributed by atoms with Gasteiger partial charge < -0.3 is 15.8 Å². The first-order chi connectivity index (χ1) is 12.4. The number of anilines is 1. The average Bonchev–Trinajstić information content (AvgIpc) is 3.17. The van der Waals surface area contributed by atoms with Crippen LogP contribution in [0, 0.1) is 17.8 Å². The second kappa shape index (κ2) is 7.58. The Bertz CT molecular complexity index is 826. The van der Waals surface area contributed by atoms with Gasteiger partial charge in [-0.1, -0.05) is 0 Å². The Morgan fingerprint density at radius 3 is 2.48 bits per heavy atom. The van der Waals surface area contributed by atoms with Gasteiger partial charge in [0.15, 0.2) is 0 Å². The molecule has 4 rings (SSSR count). The third-order valence-electron chi connectivity index (χ3n) is 5.92. The van der Waals surface area contributed by atoms with Gasteiger partial charge in [0.1, 0.15) is 5.75 Å². The number of nitrogens with one attached hydrogen (secondary N) is 2. The van der Waals surface area contributed by atoms with Crippen molar-refractivity contribution < 1.29 is 17.9 Å². The number of halogens is 1. The van der Waals surface area contributed by atoms with Crippen LogP contribution in [0.4, 0.5) is 5.69 Å². The van der Waals surface area contributed by atoms with Crippen molar-refractivity contribution in [3.05, 3.63) is 18.2 Å². The van der Waals surface area contributed by atoms with E-state index in [1.165, 1.54) is 19.2 Å². The Morgan fingerprint density at radius 1 is 1.19 bits per heavy atom. The minimum absolute atomic E-state index is 0. The zero-order chi connectivity index (χ0) is 18.5. The normalized spacial score (nSPS) is 29.3. The summed E-state index contributed by atoms with van der Waals surface area (Å²) in [6.45, 7) is 0. The van der Waals surface area contributed by atoms with Crippen LogP contribution in [0.1, 0.15) is 32.1 Å². The van der Waals surface area contributed by atoms with Crippen LogP contribution in [-0.2, 0) is 14.8 Å². The van der Waals surface area contributed by atoms with Gasteiger partial charge in [-0.15, -0.1) is 12.4 Å². The molecular formula is C18H26ClN3O4S. The van der Waals surface area contributed by atoms with E-state index in [-0.39, 0.29) is 41.2 Å². The monoisotopic (exact) mass is 415 g/mol. The molecule has 7 nitrogen and oxygen atoms in total. The maximum Gasteiger partial charge on any atom is 0.240 e. The molecule has 150 valence electrons. The first-order valence-corrected chi connectivity index (χ1v) is 10.6. The van der Waals surface area contributed by atoms with Crippen molar-refractivity contribution in [1.29, 1.82) is 0 Å². The molecular weight excluding hydrogens is 390 g/mol. The van der Waals surface area contributed by atoms with E-state index in [0.29, 0.717) is 23.3 Å². The van der Waals surface area contributed by atoms with Crippen molar-refractivity contribution in [2.24, 2.45) is 23.5 Å². The summed E-state index contributed by atoms with van der Waals surface area (Å²) in [7, 11) is -2.11. The molecule has 3 fully saturated rings. The lowest BCUT2D eigenvalue weighted by molar-refractivity contribution is -0.121. The summed E-state index contributed by atoms with van der Waals surface area (Å²) >= 11 is 0. The number of carbonyl (C=O) groups excluding carboxylic acids is 1. The van der Waals surface area contributed by atoms with E-state index in [0.717, 1.165) is 32.1 Å². The fourth-order valence-electron chi connectivity index (χ4n) is 4.38. The molecule has 1 aromatic rings. The van der Waals surface area contributed by atoms with Crippen molar-refractivity contribution in [2.45, 2.75) is 49.1 Å². The van der Waals surface area contributed by atoms with Crippen LogP contribution in [0.2, 0.25) is 0 Å². The zero-order valence-corrected chi connectivity index (χ0v) is 16.8. The highest BCUT2D eigenvalue weighted by atomic mass is 35.5. The van der Waals surface area contributed by atoms with E-state index in [1.54, 1.807) is 6.07 Å². The van der Waals surface area contributed by atoms with Gasteiger partial charge in [-0.25, -0.2) is 13.1 Å². The number of amides is 1. The predicted molar refractivity (Wildman–Crippen MR) is 105 cm³/mol. The fourth-order valence-corrected chi connectivity index (χ4v) is 5.71. The molecule has 2 bridgehead atoms. The lowest BCUT2D eigenvalue weighted by atomic mass is 9.84. The molecule has 1 amide bonds. The summed E-state index contributed by atoms with van der Waals surface area (Å²) in [5.41, 5.74) is 6.62. The maximum absolute atomic E-state index is 12.8. The van der Waals surface area contributed by atoms with Crippen molar-refractivity contribution >= 4 is 34.0 Å². The number of nitrogens with two attached hydrogens (primary N) is 1. The summed E-state index contributed by atoms with van der Waals surface area (Å²) < 4.78 is 32.8. The van der Waals surface area contributed by atoms with Crippen LogP contribution < -0.4 is 20.5 Å². The van der Waals surface area contributed by atoms with Gasteiger partial charge in [0.2, 0.25) is 15.9 Å². The van der Waals surface area contributed by atoms with Crippen LogP contribution in [-0.4, -0.2) is 33.5 Å². The highest BCUT2D eigenvalue weighted by Crippen LogP contribution is 2.48. The van der Waals surface area contributed by atoms with Gasteiger partial charge >= 0.3 is 0 Å². The minimum atomic E-state index is -3.60. The Labute approximate surface area is 165 Å². The summed E-state index contributed by atoms with van der Waals surface area (Å²) in [5.74, 6) is 0.813. The number of benzene rings is 1. The lowest BCUT2D eigenvalue weighted by Gasteiger charge is -2.27. The molecule has 0 heterocycles. The van der Waals surface area contributed by atoms with Gasteiger partial charge in [0, 0.05) is 12.1 Å². The Balaban J connectivity index is 0.00000210. The van der Waals surface area contributed by atoms with Crippen molar-refractivity contribution in [1.82, 2.24) is 4.72 Å². The largest absolute Gasteiger partial charge is 0.495 e. The first-order valence-electron chi connectivity index (χ1n) is 9.16. The maximum atomic E-state index is 12.8. The Morgan fingerprint density at radius 2 is 1.89 bits per heavy atom. The van der Waals surface area contributed by atoms with Crippen LogP contribution in [0.25, 0.3) is 0 Å². The molecule has 3 aliphatic carbocycles. The highest BCUT2D eigenvalue weighted by Gasteiger charge is 2.49. The number of ether oxygens (including phenoxy) is 1. The smallest absolute Gasteiger partial charge is 0.240 e. The molecule has 27 heavy (non-hydrogen) atoms. The third kappa shape index (κ3) is 3.94. The number of hydrogen-bond donors (Lipinski definition) is 3. The molecule has 4 atom stereocenters. The number of fused-ring (bicyclic) bond motifs is 2. The topological polar surface area (TPSA) is 111 Å². The summed E-state index contributed by atoms with van der Waals surface area (Å²) in [5, 5.41) is 2.86. The van der Waals surface area contributed by atoms with E-state index >= 15 is 0 Å². The number of sulfonamides is 1. The summed E-state index contributed by atoms with van der Waals surface area (Å²) in [4.78, 5) is 12.9. The Kier molecular flexibility index (Phi) is 5.72. The summed E-state index contributed by atoms with van der Waals surface area (Å²) in [6, 6.07) is 4.41. The molecule has 0 aliphatic heterocycles. The van der Waals surface area contributed by atoms with E-state index in [9.17, 15) is 13.2 Å².